The van der Waals surface area contributed by atoms with Crippen LogP contribution in [-0.2, 0) is 9.47 Å². The van der Waals surface area contributed by atoms with Crippen molar-refractivity contribution in [3.63, 3.8) is 0 Å². The third kappa shape index (κ3) is 4.49. The molecule has 0 amide bonds. The molecular weight excluding hydrogens is 683 g/mol. The summed E-state index contributed by atoms with van der Waals surface area (Å²) in [6.07, 6.45) is -24.4. The molecule has 0 aromatic rings. The summed E-state index contributed by atoms with van der Waals surface area (Å²) in [4.78, 5) is 0. The van der Waals surface area contributed by atoms with Gasteiger partial charge in [-0.15, -0.1) is 0 Å². The topological polar surface area (TPSA) is 21.7 Å². The summed E-state index contributed by atoms with van der Waals surface area (Å²) in [6, 6.07) is -12.6. The molecular formula is C10H4CfF14NO2. The minimum absolute atomic E-state index is 0.125. The first kappa shape index (κ1) is 23.5. The van der Waals surface area contributed by atoms with Crippen LogP contribution in [0.2, 0.25) is 0 Å². The molecule has 18 heteroatoms. The van der Waals surface area contributed by atoms with E-state index >= 15 is 0 Å². The van der Waals surface area contributed by atoms with E-state index in [1.807, 2.05) is 0 Å². The minimum atomic E-state index is -6.32. The SMILES string of the molecule is FC(F)(F)/C=C/CO[C](=[Cf][N]1C(F)(F)C(F)(F)OC(F)(F)C1(F)F)C(F)(F)F. The summed E-state index contributed by atoms with van der Waals surface area (Å²) >= 11 is 0. The number of hydrogen-bond acceptors (Lipinski definition) is 3. The Morgan fingerprint density at radius 2 is 1.29 bits per heavy atom. The van der Waals surface area contributed by atoms with Crippen LogP contribution < -0.4 is 0 Å². The number of ether oxygens (including phenoxy) is 2. The number of nitrogens with zero attached hydrogens (tertiary/aromatic N) is 1. The van der Waals surface area contributed by atoms with Gasteiger partial charge in [0.15, 0.2) is 0 Å². The van der Waals surface area contributed by atoms with E-state index in [0.29, 0.717) is 0 Å². The Kier molecular flexibility index (Phi) is 5.50. The van der Waals surface area contributed by atoms with Crippen molar-refractivity contribution in [1.29, 1.82) is 0 Å². The first-order chi connectivity index (χ1) is 12.2. The molecule has 0 bridgehead atoms. The molecule has 0 saturated carbocycles. The molecule has 1 saturated heterocycles. The molecule has 169 valence electrons. The molecule has 1 fully saturated rings. The van der Waals surface area contributed by atoms with Crippen LogP contribution in [0.4, 0.5) is 61.5 Å². The van der Waals surface area contributed by atoms with Gasteiger partial charge >= 0.3 is 138 Å². The Balaban J connectivity index is 3.37. The van der Waals surface area contributed by atoms with Crippen molar-refractivity contribution < 1.29 is 70.9 Å². The van der Waals surface area contributed by atoms with Crippen molar-refractivity contribution >= 4 is 6.61 Å². The Morgan fingerprint density at radius 3 is 1.64 bits per heavy atom. The molecule has 1 aliphatic heterocycles. The van der Waals surface area contributed by atoms with Crippen molar-refractivity contribution in [3.05, 3.63) is 12.2 Å². The van der Waals surface area contributed by atoms with Crippen LogP contribution in [0.15, 0.2) is 12.2 Å². The molecule has 3 nitrogen and oxygen atoms in total. The van der Waals surface area contributed by atoms with Crippen LogP contribution in [0.25, 0.3) is 0 Å². The molecule has 0 radical (unpaired) electrons. The monoisotopic (exact) mass is 685 g/mol. The molecule has 1 aliphatic rings. The molecule has 0 N–H and O–H groups in total. The average molecular weight is 687 g/mol. The van der Waals surface area contributed by atoms with Gasteiger partial charge in [-0.2, -0.15) is 0 Å². The van der Waals surface area contributed by atoms with Crippen molar-refractivity contribution in [2.75, 3.05) is 6.61 Å². The second-order valence-electron chi connectivity index (χ2n) is 4.54. The number of rotatable bonds is 4. The Morgan fingerprint density at radius 1 is 0.857 bits per heavy atom. The summed E-state index contributed by atoms with van der Waals surface area (Å²) in [5.41, 5.74) is 0. The van der Waals surface area contributed by atoms with Crippen LogP contribution >= 0.6 is 0 Å². The zero-order valence-electron chi connectivity index (χ0n) is 12.2. The van der Waals surface area contributed by atoms with Gasteiger partial charge in [-0.25, -0.2) is 0 Å². The Labute approximate surface area is 139 Å². The van der Waals surface area contributed by atoms with Crippen molar-refractivity contribution in [3.8, 4) is 0 Å². The molecule has 28 heavy (non-hydrogen) atoms. The molecule has 0 aromatic heterocycles. The third-order valence-corrected chi connectivity index (χ3v) is 6.09. The fourth-order valence-corrected chi connectivity index (χ4v) is 3.95. The number of alkyl halides is 14. The summed E-state index contributed by atoms with van der Waals surface area (Å²) in [5, 5.41) is -2.37. The van der Waals surface area contributed by atoms with Crippen molar-refractivity contribution in [1.82, 2.24) is 5.32 Å². The van der Waals surface area contributed by atoms with Gasteiger partial charge in [0.25, 0.3) is 0 Å². The summed E-state index contributed by atoms with van der Waals surface area (Å²) in [7, 11) is 0. The van der Waals surface area contributed by atoms with Gasteiger partial charge in [-0.05, 0) is 0 Å². The van der Waals surface area contributed by atoms with E-state index in [-0.39, 0.29) is 6.08 Å². The molecule has 0 atom stereocenters. The van der Waals surface area contributed by atoms with Crippen LogP contribution in [-0.4, -0.2) is 55.2 Å². The second kappa shape index (κ2) is 6.54. The first-order valence-electron chi connectivity index (χ1n) is 6.07. The standard InChI is InChI=1S/C6H4F6O.C4F8NO.Cf/c7-5(8,9)2-1-3-13-4-6(10,11)12;5-1(6)3(9,10)14-4(11,12)2(7,8)13-1;/h1-2H,3H2;;/q;-1;+1/b2-1+;;. The van der Waals surface area contributed by atoms with Gasteiger partial charge in [0.05, 0.1) is 0 Å². The van der Waals surface area contributed by atoms with E-state index in [4.69, 9.17) is 0 Å². The molecule has 0 unspecified atom stereocenters. The van der Waals surface area contributed by atoms with Crippen LogP contribution in [0.1, 0.15) is 0 Å². The third-order valence-electron chi connectivity index (χ3n) is 2.36. The van der Waals surface area contributed by atoms with E-state index in [9.17, 15) is 61.5 Å². The molecule has 0 spiro atoms. The van der Waals surface area contributed by atoms with Gasteiger partial charge in [0.1, 0.15) is 0 Å². The Hall–Kier alpha value is -2.49. The fourth-order valence-electron chi connectivity index (χ4n) is 1.27. The van der Waals surface area contributed by atoms with Crippen molar-refractivity contribution in [2.45, 2.75) is 36.7 Å². The van der Waals surface area contributed by atoms with Crippen LogP contribution in [0, 0.1) is 0 Å². The Bertz CT molecular complexity index is 611. The van der Waals surface area contributed by atoms with E-state index in [0.717, 1.165) is 0 Å². The maximum absolute atomic E-state index is 13.5. The second-order valence-corrected chi connectivity index (χ2v) is 7.50. The van der Waals surface area contributed by atoms with Gasteiger partial charge in [-0.1, -0.05) is 0 Å². The van der Waals surface area contributed by atoms with Gasteiger partial charge in [0.2, 0.25) is 0 Å². The van der Waals surface area contributed by atoms with E-state index < -0.39 is 61.3 Å². The van der Waals surface area contributed by atoms with Gasteiger partial charge < -0.3 is 0 Å². The van der Waals surface area contributed by atoms with E-state index in [1.54, 1.807) is 0 Å². The first-order valence-corrected chi connectivity index (χ1v) is 8.57. The zero-order chi connectivity index (χ0) is 22.4. The number of halogens is 14. The zero-order valence-corrected chi connectivity index (χ0v) is 14.9. The quantitative estimate of drug-likeness (QED) is 0.247. The number of allylic oxidation sites excluding steroid dienone is 1. The predicted molar refractivity (Wildman–Crippen MR) is 54.9 cm³/mol. The normalized spacial score (nSPS) is 25.0. The molecule has 1 heterocycles. The fraction of sp³-hybridized carbons (Fsp3) is 0.700. The predicted octanol–water partition coefficient (Wildman–Crippen LogP) is 4.52. The molecule has 0 aromatic carbocycles. The van der Waals surface area contributed by atoms with Crippen LogP contribution in [0.3, 0.4) is 0 Å². The van der Waals surface area contributed by atoms with Crippen molar-refractivity contribution in [2.24, 2.45) is 0 Å². The van der Waals surface area contributed by atoms with Crippen LogP contribution in [0.5, 0.6) is 0 Å². The van der Waals surface area contributed by atoms with Gasteiger partial charge in [-0.3, -0.25) is 0 Å². The number of morpholine rings is 1. The summed E-state index contributed by atoms with van der Waals surface area (Å²) in [5.74, 6) is 0. The van der Waals surface area contributed by atoms with E-state index in [2.05, 4.69) is 9.47 Å². The summed E-state index contributed by atoms with van der Waals surface area (Å²) < 4.78 is 180. The average Bonchev–Trinajstić information content (AvgIpc) is 2.40. The molecule has 0 aliphatic carbocycles. The maximum atomic E-state index is 13.5. The molecule has 1 rings (SSSR count). The van der Waals surface area contributed by atoms with Gasteiger partial charge in [0, 0.05) is 0 Å². The number of hydrogen-bond donors (Lipinski definition) is 0. The van der Waals surface area contributed by atoms with E-state index in [1.165, 1.54) is 0 Å². The summed E-state index contributed by atoms with van der Waals surface area (Å²) in [6.45, 7) is -4.38.